The summed E-state index contributed by atoms with van der Waals surface area (Å²) in [5.74, 6) is -0.664. The normalized spacial score (nSPS) is 9.29. The lowest BCUT2D eigenvalue weighted by molar-refractivity contribution is -0.132. The minimum Gasteiger partial charge on any atom is -0.465 e. The van der Waals surface area contributed by atoms with Crippen LogP contribution in [0, 0.1) is 0 Å². The third kappa shape index (κ3) is 2.75. The smallest absolute Gasteiger partial charge is 0.352 e. The molecule has 0 saturated heterocycles. The highest BCUT2D eigenvalue weighted by molar-refractivity contribution is 6.22. The second-order valence-electron chi connectivity index (χ2n) is 0.768. The first kappa shape index (κ1) is 5.94. The predicted octanol–water partition coefficient (Wildman–Crippen LogP) is -0.381. The number of rotatable bonds is 1. The molecular weight excluding hydrogens is 98.0 g/mol. The fraction of sp³-hybridized carbons (Fsp3) is 0.333. The van der Waals surface area contributed by atoms with Crippen molar-refractivity contribution in [3.8, 4) is 0 Å². The molecule has 0 bridgehead atoms. The van der Waals surface area contributed by atoms with Gasteiger partial charge in [0.1, 0.15) is 0 Å². The second-order valence-corrected chi connectivity index (χ2v) is 0.768. The summed E-state index contributed by atoms with van der Waals surface area (Å²) >= 11 is 0. The summed E-state index contributed by atoms with van der Waals surface area (Å²) in [5.41, 5.74) is 0. The highest BCUT2D eigenvalue weighted by Crippen LogP contribution is 1.62. The van der Waals surface area contributed by atoms with Crippen LogP contribution in [-0.2, 0) is 9.53 Å². The van der Waals surface area contributed by atoms with Crippen molar-refractivity contribution in [2.75, 3.05) is 7.11 Å². The van der Waals surface area contributed by atoms with Crippen LogP contribution in [0.4, 0.5) is 0 Å². The van der Waals surface area contributed by atoms with Crippen molar-refractivity contribution in [2.24, 2.45) is 5.16 Å². The first-order chi connectivity index (χ1) is 3.31. The lowest BCUT2D eigenvalue weighted by atomic mass is 10.8. The Morgan fingerprint density at radius 3 is 2.71 bits per heavy atom. The van der Waals surface area contributed by atoms with Gasteiger partial charge in [0.2, 0.25) is 0 Å². The van der Waals surface area contributed by atoms with E-state index in [9.17, 15) is 4.79 Å². The van der Waals surface area contributed by atoms with Crippen molar-refractivity contribution < 1.29 is 14.7 Å². The number of oxime groups is 1. The summed E-state index contributed by atoms with van der Waals surface area (Å²) in [6.45, 7) is 0. The van der Waals surface area contributed by atoms with Crippen LogP contribution in [-0.4, -0.2) is 24.5 Å². The summed E-state index contributed by atoms with van der Waals surface area (Å²) in [7, 11) is 1.20. The average molecular weight is 103 g/mol. The van der Waals surface area contributed by atoms with Gasteiger partial charge in [-0.3, -0.25) is 0 Å². The van der Waals surface area contributed by atoms with Crippen LogP contribution in [0.5, 0.6) is 0 Å². The molecule has 0 aliphatic rings. The number of carbonyl (C=O) groups is 1. The molecule has 0 aromatic carbocycles. The molecule has 0 aliphatic carbocycles. The first-order valence-electron chi connectivity index (χ1n) is 1.56. The molecule has 0 amide bonds. The quantitative estimate of drug-likeness (QED) is 0.213. The number of carbonyl (C=O) groups excluding carboxylic acids is 1. The standard InChI is InChI=1S/C3H5NO3/c1-7-3(5)2-4-6/h2,6H,1H3/b4-2-. The lowest BCUT2D eigenvalue weighted by Crippen LogP contribution is -1.99. The molecule has 0 spiro atoms. The third-order valence-electron chi connectivity index (χ3n) is 0.364. The molecule has 0 unspecified atom stereocenters. The molecule has 0 saturated carbocycles. The maximum atomic E-state index is 9.88. The highest BCUT2D eigenvalue weighted by Gasteiger charge is 1.87. The van der Waals surface area contributed by atoms with Crippen molar-refractivity contribution in [2.45, 2.75) is 0 Å². The van der Waals surface area contributed by atoms with E-state index in [4.69, 9.17) is 5.21 Å². The van der Waals surface area contributed by atoms with E-state index in [0.29, 0.717) is 6.21 Å². The van der Waals surface area contributed by atoms with Crippen LogP contribution in [0.1, 0.15) is 0 Å². The van der Waals surface area contributed by atoms with Crippen molar-refractivity contribution in [3.05, 3.63) is 0 Å². The zero-order chi connectivity index (χ0) is 5.70. The topological polar surface area (TPSA) is 58.9 Å². The monoisotopic (exact) mass is 103 g/mol. The number of esters is 1. The fourth-order valence-electron chi connectivity index (χ4n) is 0.0998. The van der Waals surface area contributed by atoms with Gasteiger partial charge in [-0.15, -0.1) is 0 Å². The molecule has 4 heteroatoms. The maximum absolute atomic E-state index is 9.88. The van der Waals surface area contributed by atoms with Gasteiger partial charge in [0.05, 0.1) is 7.11 Å². The second kappa shape index (κ2) is 3.14. The molecule has 0 aromatic heterocycles. The Bertz CT molecular complexity index is 88.2. The van der Waals surface area contributed by atoms with Gasteiger partial charge >= 0.3 is 5.97 Å². The lowest BCUT2D eigenvalue weighted by Gasteiger charge is -1.83. The molecular formula is C3H5NO3. The van der Waals surface area contributed by atoms with Crippen molar-refractivity contribution in [1.82, 2.24) is 0 Å². The minimum absolute atomic E-state index is 0.664. The molecule has 7 heavy (non-hydrogen) atoms. The summed E-state index contributed by atoms with van der Waals surface area (Å²) in [5, 5.41) is 10.0. The number of hydrogen-bond donors (Lipinski definition) is 1. The zero-order valence-corrected chi connectivity index (χ0v) is 3.79. The van der Waals surface area contributed by atoms with Crippen molar-refractivity contribution in [1.29, 1.82) is 0 Å². The number of methoxy groups -OCH3 is 1. The Hall–Kier alpha value is -1.06. The minimum atomic E-state index is -0.664. The number of ether oxygens (including phenoxy) is 1. The van der Waals surface area contributed by atoms with E-state index in [2.05, 4.69) is 9.89 Å². The Morgan fingerprint density at radius 2 is 2.57 bits per heavy atom. The van der Waals surface area contributed by atoms with Gasteiger partial charge in [-0.2, -0.15) is 0 Å². The zero-order valence-electron chi connectivity index (χ0n) is 3.79. The van der Waals surface area contributed by atoms with E-state index >= 15 is 0 Å². The van der Waals surface area contributed by atoms with Crippen LogP contribution in [0.15, 0.2) is 5.16 Å². The fourth-order valence-corrected chi connectivity index (χ4v) is 0.0998. The van der Waals surface area contributed by atoms with Gasteiger partial charge in [0.15, 0.2) is 6.21 Å². The van der Waals surface area contributed by atoms with Crippen LogP contribution in [0.25, 0.3) is 0 Å². The third-order valence-corrected chi connectivity index (χ3v) is 0.364. The average Bonchev–Trinajstić information content (AvgIpc) is 1.68. The maximum Gasteiger partial charge on any atom is 0.352 e. The van der Waals surface area contributed by atoms with Crippen LogP contribution >= 0.6 is 0 Å². The van der Waals surface area contributed by atoms with Gasteiger partial charge in [0.25, 0.3) is 0 Å². The van der Waals surface area contributed by atoms with Gasteiger partial charge in [-0.05, 0) is 0 Å². The van der Waals surface area contributed by atoms with E-state index in [-0.39, 0.29) is 0 Å². The van der Waals surface area contributed by atoms with E-state index in [1.807, 2.05) is 0 Å². The Kier molecular flexibility index (Phi) is 2.67. The van der Waals surface area contributed by atoms with Gasteiger partial charge in [-0.1, -0.05) is 5.16 Å². The molecule has 40 valence electrons. The molecule has 0 fully saturated rings. The summed E-state index contributed by atoms with van der Waals surface area (Å²) < 4.78 is 4.04. The number of nitrogens with zero attached hydrogens (tertiary/aromatic N) is 1. The predicted molar refractivity (Wildman–Crippen MR) is 22.3 cm³/mol. The largest absolute Gasteiger partial charge is 0.465 e. The molecule has 1 N–H and O–H groups in total. The summed E-state index contributed by atoms with van der Waals surface area (Å²) in [6, 6.07) is 0. The molecule has 0 heterocycles. The molecule has 0 aliphatic heterocycles. The SMILES string of the molecule is COC(=O)/C=N\O. The summed E-state index contributed by atoms with van der Waals surface area (Å²) in [6.07, 6.45) is 0.667. The van der Waals surface area contributed by atoms with E-state index in [0.717, 1.165) is 0 Å². The van der Waals surface area contributed by atoms with Gasteiger partial charge < -0.3 is 9.94 Å². The highest BCUT2D eigenvalue weighted by atomic mass is 16.5. The first-order valence-corrected chi connectivity index (χ1v) is 1.56. The summed E-state index contributed by atoms with van der Waals surface area (Å²) in [4.78, 5) is 9.88. The van der Waals surface area contributed by atoms with Crippen LogP contribution < -0.4 is 0 Å². The molecule has 0 radical (unpaired) electrons. The molecule has 0 rings (SSSR count). The Labute approximate surface area is 40.4 Å². The molecule has 0 aromatic rings. The number of hydrogen-bond acceptors (Lipinski definition) is 4. The van der Waals surface area contributed by atoms with E-state index < -0.39 is 5.97 Å². The molecule has 4 nitrogen and oxygen atoms in total. The Morgan fingerprint density at radius 1 is 2.00 bits per heavy atom. The van der Waals surface area contributed by atoms with Crippen molar-refractivity contribution in [3.63, 3.8) is 0 Å². The Balaban J connectivity index is 3.37. The van der Waals surface area contributed by atoms with Gasteiger partial charge in [0, 0.05) is 0 Å². The van der Waals surface area contributed by atoms with Crippen LogP contribution in [0.3, 0.4) is 0 Å². The van der Waals surface area contributed by atoms with E-state index in [1.54, 1.807) is 0 Å². The van der Waals surface area contributed by atoms with Gasteiger partial charge in [-0.25, -0.2) is 4.79 Å². The van der Waals surface area contributed by atoms with Crippen molar-refractivity contribution >= 4 is 12.2 Å². The molecule has 0 atom stereocenters. The van der Waals surface area contributed by atoms with E-state index in [1.165, 1.54) is 7.11 Å². The van der Waals surface area contributed by atoms with Crippen LogP contribution in [0.2, 0.25) is 0 Å².